The monoisotopic (exact) mass is 391 g/mol. The molecule has 0 fully saturated rings. The molecule has 0 aliphatic heterocycles. The number of rotatable bonds is 5. The van der Waals surface area contributed by atoms with E-state index in [2.05, 4.69) is 12.2 Å². The van der Waals surface area contributed by atoms with Crippen LogP contribution in [0.3, 0.4) is 0 Å². The fourth-order valence-electron chi connectivity index (χ4n) is 2.18. The number of benzene rings is 2. The van der Waals surface area contributed by atoms with E-state index in [-0.39, 0.29) is 11.6 Å². The molecule has 0 N–H and O–H groups in total. The van der Waals surface area contributed by atoms with E-state index in [0.29, 0.717) is 11.5 Å². The molecule has 0 bridgehead atoms. The number of hydrogen-bond acceptors (Lipinski definition) is 2. The quantitative estimate of drug-likeness (QED) is 0.704. The van der Waals surface area contributed by atoms with Crippen molar-refractivity contribution in [2.45, 2.75) is 13.3 Å². The van der Waals surface area contributed by atoms with Crippen LogP contribution in [0.1, 0.15) is 13.3 Å². The van der Waals surface area contributed by atoms with Crippen LogP contribution in [-0.4, -0.2) is 0 Å². The zero-order chi connectivity index (χ0) is 16.2. The van der Waals surface area contributed by atoms with Crippen LogP contribution >= 0.6 is 0 Å². The molecule has 0 spiro atoms. The van der Waals surface area contributed by atoms with Crippen molar-refractivity contribution in [3.63, 3.8) is 0 Å². The minimum atomic E-state index is -2.91. The Morgan fingerprint density at radius 2 is 1.30 bits per heavy atom. The van der Waals surface area contributed by atoms with E-state index in [4.69, 9.17) is 5.63 Å². The van der Waals surface area contributed by atoms with E-state index in [1.54, 1.807) is 24.3 Å². The van der Waals surface area contributed by atoms with E-state index in [0.717, 1.165) is 9.70 Å². The van der Waals surface area contributed by atoms with Gasteiger partial charge in [0.25, 0.3) is 0 Å². The Hall–Kier alpha value is -1.74. The van der Waals surface area contributed by atoms with Crippen molar-refractivity contribution < 1.29 is 37.0 Å². The van der Waals surface area contributed by atoms with Crippen LogP contribution in [0, 0.1) is 11.6 Å². The van der Waals surface area contributed by atoms with E-state index < -0.39 is 22.6 Å². The molecule has 2 aromatic carbocycles. The summed E-state index contributed by atoms with van der Waals surface area (Å²) >= 11 is -2.91. The average Bonchev–Trinajstić information content (AvgIpc) is 2.97. The molecule has 1 aliphatic rings. The third-order valence-electron chi connectivity index (χ3n) is 3.36. The van der Waals surface area contributed by atoms with E-state index >= 15 is 0 Å². The van der Waals surface area contributed by atoms with Crippen molar-refractivity contribution >= 4 is 0 Å². The van der Waals surface area contributed by atoms with Gasteiger partial charge in [-0.2, -0.15) is 0 Å². The molecule has 117 valence electrons. The van der Waals surface area contributed by atoms with Gasteiger partial charge < -0.3 is 0 Å². The summed E-state index contributed by atoms with van der Waals surface area (Å²) in [5.74, 6) is 0.570. The summed E-state index contributed by atoms with van der Waals surface area (Å²) < 4.78 is 39.3. The van der Waals surface area contributed by atoms with Crippen LogP contribution < -0.4 is 5.63 Å². The summed E-state index contributed by atoms with van der Waals surface area (Å²) in [6, 6.07) is 11.8. The van der Waals surface area contributed by atoms with E-state index in [1.807, 2.05) is 6.92 Å². The Labute approximate surface area is 143 Å². The first-order valence-electron chi connectivity index (χ1n) is 7.22. The van der Waals surface area contributed by atoms with Crippen molar-refractivity contribution in [2.75, 3.05) is 0 Å². The molecule has 23 heavy (non-hydrogen) atoms. The van der Waals surface area contributed by atoms with Crippen LogP contribution in [0.5, 0.6) is 11.5 Å². The summed E-state index contributed by atoms with van der Waals surface area (Å²) in [5, 5.41) is 0. The van der Waals surface area contributed by atoms with Gasteiger partial charge in [0.1, 0.15) is 0 Å². The molecular weight excluding hydrogens is 377 g/mol. The predicted molar refractivity (Wildman–Crippen MR) is 80.5 cm³/mol. The molecule has 0 saturated carbocycles. The zero-order valence-corrected chi connectivity index (χ0v) is 15.0. The Morgan fingerprint density at radius 1 is 0.826 bits per heavy atom. The van der Waals surface area contributed by atoms with Crippen LogP contribution in [-0.2, 0) is 22.6 Å². The number of allylic oxidation sites excluding steroid dienone is 4. The molecule has 2 nitrogen and oxygen atoms in total. The van der Waals surface area contributed by atoms with Crippen LogP contribution in [0.15, 0.2) is 69.5 Å². The molecule has 0 saturated heterocycles. The van der Waals surface area contributed by atoms with Gasteiger partial charge in [0.15, 0.2) is 0 Å². The second-order valence-electron chi connectivity index (χ2n) is 5.22. The predicted octanol–water partition coefficient (Wildman–Crippen LogP) is 5.10. The fraction of sp³-hybridized carbons (Fsp3) is 0.111. The van der Waals surface area contributed by atoms with Gasteiger partial charge in [0.05, 0.1) is 0 Å². The molecule has 3 rings (SSSR count). The topological polar surface area (TPSA) is 18.5 Å². The molecule has 0 amide bonds. The average molecular weight is 393 g/mol. The first kappa shape index (κ1) is 16.1. The second-order valence-corrected chi connectivity index (χ2v) is 9.22. The normalized spacial score (nSPS) is 13.3. The molecule has 0 radical (unpaired) electrons. The third kappa shape index (κ3) is 4.38. The van der Waals surface area contributed by atoms with Gasteiger partial charge in [-0.05, 0) is 0 Å². The van der Waals surface area contributed by atoms with Crippen molar-refractivity contribution in [3.05, 3.63) is 81.2 Å². The molecule has 0 atom stereocenters. The van der Waals surface area contributed by atoms with Gasteiger partial charge in [-0.1, -0.05) is 0 Å². The maximum absolute atomic E-state index is 13.0. The van der Waals surface area contributed by atoms with Gasteiger partial charge >= 0.3 is 143 Å². The Bertz CT molecular complexity index is 689. The SMILES string of the molecule is CC1=CC[C]([Zr]([O]c2ccc(F)cc2)[O]c2ccc(F)cc2)=C1. The van der Waals surface area contributed by atoms with Gasteiger partial charge in [0, 0.05) is 0 Å². The van der Waals surface area contributed by atoms with Crippen LogP contribution in [0.25, 0.3) is 0 Å². The van der Waals surface area contributed by atoms with Gasteiger partial charge in [-0.3, -0.25) is 0 Å². The van der Waals surface area contributed by atoms with E-state index in [9.17, 15) is 8.78 Å². The first-order valence-corrected chi connectivity index (χ1v) is 10.5. The third-order valence-corrected chi connectivity index (χ3v) is 7.57. The van der Waals surface area contributed by atoms with Crippen molar-refractivity contribution in [2.24, 2.45) is 0 Å². The molecule has 0 heterocycles. The molecule has 1 aliphatic carbocycles. The summed E-state index contributed by atoms with van der Waals surface area (Å²) in [4.78, 5) is 0. The molecule has 0 unspecified atom stereocenters. The second kappa shape index (κ2) is 7.22. The van der Waals surface area contributed by atoms with Crippen molar-refractivity contribution in [3.8, 4) is 11.5 Å². The summed E-state index contributed by atoms with van der Waals surface area (Å²) in [7, 11) is 0. The fourth-order valence-corrected chi connectivity index (χ4v) is 6.16. The van der Waals surface area contributed by atoms with Crippen molar-refractivity contribution in [1.29, 1.82) is 0 Å². The van der Waals surface area contributed by atoms with E-state index in [1.165, 1.54) is 29.8 Å². The summed E-state index contributed by atoms with van der Waals surface area (Å²) in [6.07, 6.45) is 5.02. The molecule has 5 heteroatoms. The standard InChI is InChI=1S/2C6H5FO.C6H7.Zr/c2*7-5-1-3-6(8)4-2-5;1-6-4-2-3-5-6;/h2*1-4,8H;4-5H,2H2,1H3;/q;;;+2/p-2. The first-order chi connectivity index (χ1) is 11.1. The van der Waals surface area contributed by atoms with Crippen LogP contribution in [0.4, 0.5) is 8.78 Å². The minimum absolute atomic E-state index is 0.306. The van der Waals surface area contributed by atoms with Crippen LogP contribution in [0.2, 0.25) is 0 Å². The Morgan fingerprint density at radius 3 is 1.70 bits per heavy atom. The van der Waals surface area contributed by atoms with Gasteiger partial charge in [-0.25, -0.2) is 0 Å². The molecule has 0 aromatic heterocycles. The maximum atomic E-state index is 13.0. The Balaban J connectivity index is 1.80. The number of halogens is 2. The molecular formula is C18H15F2O2Zr. The van der Waals surface area contributed by atoms with Gasteiger partial charge in [0.2, 0.25) is 0 Å². The summed E-state index contributed by atoms with van der Waals surface area (Å²) in [6.45, 7) is 2.03. The number of hydrogen-bond donors (Lipinski definition) is 0. The van der Waals surface area contributed by atoms with Crippen molar-refractivity contribution in [1.82, 2.24) is 0 Å². The molecule has 2 aromatic rings. The Kier molecular flexibility index (Phi) is 5.07. The zero-order valence-electron chi connectivity index (χ0n) is 12.6. The summed E-state index contributed by atoms with van der Waals surface area (Å²) in [5.41, 5.74) is 1.18. The van der Waals surface area contributed by atoms with Gasteiger partial charge in [-0.15, -0.1) is 0 Å².